The quantitative estimate of drug-likeness (QED) is 0.0332. The number of aromatic amines is 1. The van der Waals surface area contributed by atoms with Crippen LogP contribution in [0.1, 0.15) is 236 Å². The van der Waals surface area contributed by atoms with Crippen LogP contribution in [0.2, 0.25) is 0 Å². The van der Waals surface area contributed by atoms with Crippen molar-refractivity contribution in [3.05, 3.63) is 196 Å². The summed E-state index contributed by atoms with van der Waals surface area (Å²) in [5.74, 6) is 5.83. The van der Waals surface area contributed by atoms with Crippen LogP contribution in [0.5, 0.6) is 0 Å². The number of rotatable bonds is 17. The minimum atomic E-state index is -0.520. The highest BCUT2D eigenvalue weighted by Gasteiger charge is 2.34. The van der Waals surface area contributed by atoms with Crippen LogP contribution >= 0.6 is 0 Å². The number of aryl methyl sites for hydroxylation is 2. The molecule has 108 heavy (non-hydrogen) atoms. The molecule has 22 nitrogen and oxygen atoms in total. The summed E-state index contributed by atoms with van der Waals surface area (Å²) in [5.41, 5.74) is 12.4. The molecule has 0 saturated carbocycles. The van der Waals surface area contributed by atoms with Gasteiger partial charge in [-0.25, -0.2) is 19.2 Å². The third-order valence-corrected chi connectivity index (χ3v) is 18.8. The van der Waals surface area contributed by atoms with Gasteiger partial charge < -0.3 is 38.5 Å². The third-order valence-electron chi connectivity index (χ3n) is 18.8. The van der Waals surface area contributed by atoms with E-state index in [0.717, 1.165) is 145 Å². The lowest BCUT2D eigenvalue weighted by Crippen LogP contribution is -2.43. The number of ketones is 2. The number of hydrazine groups is 1. The molecule has 4 fully saturated rings. The Labute approximate surface area is 642 Å². The van der Waals surface area contributed by atoms with E-state index in [1.165, 1.54) is 28.1 Å². The maximum atomic E-state index is 12.3. The van der Waals surface area contributed by atoms with Crippen LogP contribution in [0.4, 0.5) is 19.2 Å². The van der Waals surface area contributed by atoms with Gasteiger partial charge >= 0.3 is 24.4 Å². The van der Waals surface area contributed by atoms with Gasteiger partial charge in [0.25, 0.3) is 0 Å². The number of nitrogens with one attached hydrogen (secondary N) is 2. The highest BCUT2D eigenvalue weighted by molar-refractivity contribution is 6.01. The van der Waals surface area contributed by atoms with Crippen molar-refractivity contribution in [3.8, 4) is 0 Å². The number of carbonyl (C=O) groups is 6. The summed E-state index contributed by atoms with van der Waals surface area (Å²) in [5, 5.41) is 17.3. The third kappa shape index (κ3) is 29.8. The summed E-state index contributed by atoms with van der Waals surface area (Å²) in [7, 11) is 0. The number of benzene rings is 4. The van der Waals surface area contributed by atoms with Crippen molar-refractivity contribution in [1.82, 2.24) is 54.8 Å². The summed E-state index contributed by atoms with van der Waals surface area (Å²) in [6, 6.07) is 47.5. The smallest absolute Gasteiger partial charge is 0.410 e. The van der Waals surface area contributed by atoms with Crippen LogP contribution < -0.4 is 11.3 Å². The van der Waals surface area contributed by atoms with Crippen LogP contribution in [0.3, 0.4) is 0 Å². The SMILES string of the molecule is CC(C)(C)OC(=O)N1CCC(C(=O)CC(=O)Cc2ccccc2)CC1.CC(C)(C)OC(=O)N1CCC(c2cc(Cc3ccccc3)[nH]n2)CC1.CCNN.CCn1nc(C2CCN(C(=O)OC(C)(C)C)CC2)cc1Cc1ccccc1.CCn1nc(Cc2ccccc2)cc1C1CCN(C(=O)OC(C)(C)C)CC1. The number of ether oxygens (including phenoxy) is 4. The molecule has 11 rings (SSSR count). The van der Waals surface area contributed by atoms with Crippen molar-refractivity contribution >= 4 is 35.9 Å². The Balaban J connectivity index is 0.000000197. The fourth-order valence-corrected chi connectivity index (χ4v) is 13.3. The van der Waals surface area contributed by atoms with E-state index in [1.54, 1.807) is 9.80 Å². The minimum absolute atomic E-state index is 0.00947. The number of amides is 4. The van der Waals surface area contributed by atoms with Crippen LogP contribution in [0.25, 0.3) is 0 Å². The monoisotopic (exact) mass is 1480 g/mol. The minimum Gasteiger partial charge on any atom is -0.444 e. The molecule has 0 radical (unpaired) electrons. The Morgan fingerprint density at radius 2 is 0.806 bits per heavy atom. The average molecular weight is 1490 g/mol. The molecule has 4 aliphatic rings. The van der Waals surface area contributed by atoms with Crippen LogP contribution in [-0.4, -0.2) is 167 Å². The van der Waals surface area contributed by atoms with E-state index in [4.69, 9.17) is 35.0 Å². The van der Waals surface area contributed by atoms with E-state index in [9.17, 15) is 28.8 Å². The van der Waals surface area contributed by atoms with Crippen molar-refractivity contribution in [2.24, 2.45) is 11.8 Å². The zero-order valence-electron chi connectivity index (χ0n) is 67.2. The van der Waals surface area contributed by atoms with Crippen molar-refractivity contribution < 1.29 is 47.7 Å². The Bertz CT molecular complexity index is 3850. The molecule has 22 heteroatoms. The lowest BCUT2D eigenvalue weighted by atomic mass is 9.89. The van der Waals surface area contributed by atoms with Gasteiger partial charge in [-0.2, -0.15) is 15.3 Å². The molecule has 4 amide bonds. The first-order valence-electron chi connectivity index (χ1n) is 39.0. The number of likely N-dealkylation sites (tertiary alicyclic amines) is 4. The Kier molecular flexibility index (Phi) is 33.0. The van der Waals surface area contributed by atoms with Gasteiger partial charge in [-0.3, -0.25) is 35.3 Å². The van der Waals surface area contributed by atoms with E-state index in [2.05, 4.69) is 130 Å². The Morgan fingerprint density at radius 1 is 0.444 bits per heavy atom. The number of hydrogen-bond donors (Lipinski definition) is 3. The number of nitrogens with two attached hydrogens (primary N) is 1. The molecule has 4 aliphatic heterocycles. The van der Waals surface area contributed by atoms with Gasteiger partial charge in [-0.1, -0.05) is 128 Å². The molecule has 588 valence electrons. The predicted octanol–water partition coefficient (Wildman–Crippen LogP) is 16.2. The number of Topliss-reactive ketones (excluding diaryl/α,β-unsaturated/α-hetero) is 2. The highest BCUT2D eigenvalue weighted by atomic mass is 16.6. The number of aromatic nitrogens is 6. The summed E-state index contributed by atoms with van der Waals surface area (Å²) < 4.78 is 26.0. The lowest BCUT2D eigenvalue weighted by molar-refractivity contribution is -0.130. The maximum Gasteiger partial charge on any atom is 0.410 e. The summed E-state index contributed by atoms with van der Waals surface area (Å²) in [6.45, 7) is 36.8. The van der Waals surface area contributed by atoms with E-state index in [0.29, 0.717) is 50.1 Å². The normalized spacial score (nSPS) is 15.5. The fraction of sp³-hybridized carbons (Fsp3) is 0.547. The molecule has 0 aliphatic carbocycles. The first-order valence-corrected chi connectivity index (χ1v) is 39.0. The number of hydrogen-bond acceptors (Lipinski definition) is 15. The molecule has 7 aromatic rings. The van der Waals surface area contributed by atoms with Crippen molar-refractivity contribution in [2.75, 3.05) is 58.9 Å². The molecular formula is C86H124N12O10. The first kappa shape index (κ1) is 86.1. The summed E-state index contributed by atoms with van der Waals surface area (Å²) >= 11 is 0. The van der Waals surface area contributed by atoms with Gasteiger partial charge in [-0.05, 0) is 189 Å². The molecule has 4 aromatic carbocycles. The molecule has 4 saturated heterocycles. The number of H-pyrrole nitrogens is 1. The Hall–Kier alpha value is -9.15. The molecular weight excluding hydrogens is 1360 g/mol. The molecule has 0 bridgehead atoms. The van der Waals surface area contributed by atoms with Gasteiger partial charge in [0.05, 0.1) is 23.5 Å². The zero-order chi connectivity index (χ0) is 78.6. The van der Waals surface area contributed by atoms with E-state index in [-0.39, 0.29) is 48.3 Å². The van der Waals surface area contributed by atoms with Gasteiger partial charge in [0.2, 0.25) is 0 Å². The highest BCUT2D eigenvalue weighted by Crippen LogP contribution is 2.33. The van der Waals surface area contributed by atoms with Crippen LogP contribution in [-0.2, 0) is 67.3 Å². The maximum absolute atomic E-state index is 12.3. The van der Waals surface area contributed by atoms with Crippen molar-refractivity contribution in [2.45, 2.75) is 241 Å². The molecule has 0 spiro atoms. The largest absolute Gasteiger partial charge is 0.444 e. The molecule has 0 unspecified atom stereocenters. The number of nitrogens with zero attached hydrogens (tertiary/aromatic N) is 9. The van der Waals surface area contributed by atoms with Gasteiger partial charge in [0.1, 0.15) is 34.0 Å². The lowest BCUT2D eigenvalue weighted by Gasteiger charge is -2.33. The fourth-order valence-electron chi connectivity index (χ4n) is 13.3. The second-order valence-electron chi connectivity index (χ2n) is 32.4. The van der Waals surface area contributed by atoms with Crippen molar-refractivity contribution in [3.63, 3.8) is 0 Å². The number of piperidine rings is 4. The second-order valence-corrected chi connectivity index (χ2v) is 32.4. The predicted molar refractivity (Wildman–Crippen MR) is 425 cm³/mol. The molecule has 4 N–H and O–H groups in total. The standard InChI is InChI=1S/2C22H31N3O2.C20H27N3O2.C20H27NO4.C2H8N2/c1-5-25-19(15-17-9-7-6-8-10-17)16-20(23-25)18-11-13-24(14-12-18)21(26)27-22(2,3)4;1-5-25-20(16-19(23-25)15-17-9-7-6-8-10-17)18-11-13-24(14-12-18)21(26)27-22(2,3)4;1-20(2,3)25-19(24)23-11-9-16(10-12-23)18-14-17(21-22-18)13-15-7-5-4-6-8-15;1-20(2,3)25-19(24)21-11-9-16(10-12-21)18(23)14-17(22)13-15-7-5-4-6-8-15;1-2-4-3/h2*6-10,16,18H,5,11-15H2,1-4H3;4-8,14,16H,9-13H2,1-3H3,(H,21,22);4-8,16H,9-14H2,1-3H3;4H,2-3H2,1H3. The topological polar surface area (TPSA) is 255 Å². The summed E-state index contributed by atoms with van der Waals surface area (Å²) in [6.07, 6.45) is 8.77. The van der Waals surface area contributed by atoms with Gasteiger partial charge in [0.15, 0.2) is 0 Å². The second kappa shape index (κ2) is 41.4. The molecule has 7 heterocycles. The van der Waals surface area contributed by atoms with Crippen molar-refractivity contribution in [1.29, 1.82) is 0 Å². The van der Waals surface area contributed by atoms with Gasteiger partial charge in [0, 0.05) is 138 Å². The molecule has 3 aromatic heterocycles. The van der Waals surface area contributed by atoms with Crippen LogP contribution in [0.15, 0.2) is 140 Å². The van der Waals surface area contributed by atoms with Gasteiger partial charge in [-0.15, -0.1) is 0 Å². The van der Waals surface area contributed by atoms with E-state index >= 15 is 0 Å². The molecule has 0 atom stereocenters. The van der Waals surface area contributed by atoms with Crippen LogP contribution in [0, 0.1) is 5.92 Å². The Morgan fingerprint density at radius 3 is 1.19 bits per heavy atom. The van der Waals surface area contributed by atoms with E-state index in [1.807, 2.05) is 148 Å². The zero-order valence-corrected chi connectivity index (χ0v) is 67.2. The summed E-state index contributed by atoms with van der Waals surface area (Å²) in [4.78, 5) is 80.2. The van der Waals surface area contributed by atoms with E-state index < -0.39 is 22.4 Å². The average Bonchev–Trinajstić information content (AvgIpc) is 1.68. The number of carbonyl (C=O) groups excluding carboxylic acids is 6. The first-order chi connectivity index (χ1) is 51.3.